The first-order chi connectivity index (χ1) is 16.2. The summed E-state index contributed by atoms with van der Waals surface area (Å²) in [5.74, 6) is -1.61. The predicted octanol–water partition coefficient (Wildman–Crippen LogP) is 5.86. The van der Waals surface area contributed by atoms with E-state index in [4.69, 9.17) is 4.74 Å². The van der Waals surface area contributed by atoms with Gasteiger partial charge in [-0.05, 0) is 81.3 Å². The summed E-state index contributed by atoms with van der Waals surface area (Å²) in [5, 5.41) is 11.3. The fourth-order valence-corrected chi connectivity index (χ4v) is 4.10. The van der Waals surface area contributed by atoms with Gasteiger partial charge in [0.2, 0.25) is 0 Å². The van der Waals surface area contributed by atoms with Gasteiger partial charge >= 0.3 is 0 Å². The number of ketones is 1. The van der Waals surface area contributed by atoms with Crippen molar-refractivity contribution in [2.45, 2.75) is 39.8 Å². The average Bonchev–Trinajstić information content (AvgIpc) is 3.06. The first kappa shape index (κ1) is 23.2. The number of hydrogen-bond acceptors (Lipinski definition) is 4. The minimum absolute atomic E-state index is 0.0172. The molecule has 6 heteroatoms. The van der Waals surface area contributed by atoms with Gasteiger partial charge in [0.1, 0.15) is 17.3 Å². The van der Waals surface area contributed by atoms with E-state index in [1.807, 2.05) is 39.8 Å². The Balaban J connectivity index is 1.88. The van der Waals surface area contributed by atoms with Crippen molar-refractivity contribution in [2.75, 3.05) is 4.90 Å². The third-order valence-corrected chi connectivity index (χ3v) is 5.75. The molecule has 1 saturated heterocycles. The molecule has 1 aliphatic heterocycles. The molecule has 5 nitrogen and oxygen atoms in total. The number of benzene rings is 3. The highest BCUT2D eigenvalue weighted by Gasteiger charge is 2.47. The maximum absolute atomic E-state index is 13.7. The second-order valence-corrected chi connectivity index (χ2v) is 8.70. The van der Waals surface area contributed by atoms with E-state index >= 15 is 0 Å². The van der Waals surface area contributed by atoms with Crippen LogP contribution in [0, 0.1) is 19.7 Å². The molecule has 1 aliphatic rings. The van der Waals surface area contributed by atoms with Crippen molar-refractivity contribution in [1.82, 2.24) is 0 Å². The lowest BCUT2D eigenvalue weighted by Gasteiger charge is -2.25. The van der Waals surface area contributed by atoms with Gasteiger partial charge in [-0.2, -0.15) is 0 Å². The number of aliphatic hydroxyl groups excluding tert-OH is 1. The number of hydrogen-bond donors (Lipinski definition) is 1. The molecule has 1 unspecified atom stereocenters. The van der Waals surface area contributed by atoms with Gasteiger partial charge in [0.15, 0.2) is 0 Å². The van der Waals surface area contributed by atoms with Crippen LogP contribution >= 0.6 is 0 Å². The van der Waals surface area contributed by atoms with Crippen LogP contribution in [0.4, 0.5) is 10.1 Å². The van der Waals surface area contributed by atoms with Crippen LogP contribution in [0.3, 0.4) is 0 Å². The normalized spacial score (nSPS) is 17.5. The minimum Gasteiger partial charge on any atom is -0.507 e. The largest absolute Gasteiger partial charge is 0.507 e. The number of Topliss-reactive ketones (excluding diaryl/α,β-unsaturated/α-hetero) is 1. The van der Waals surface area contributed by atoms with Gasteiger partial charge in [0.25, 0.3) is 11.7 Å². The summed E-state index contributed by atoms with van der Waals surface area (Å²) in [6.07, 6.45) is -0.0172. The average molecular weight is 460 g/mol. The second-order valence-electron chi connectivity index (χ2n) is 8.70. The standard InChI is InChI=1S/C28H26FNO4/c1-16(2)34-23-14-9-20(15-18(23)4)26(31)24-25(19-7-10-21(29)11-8-19)30(28(33)27(24)32)22-12-5-17(3)6-13-22/h5-16,25,31H,1-4H3/b26-24-. The molecule has 1 atom stereocenters. The number of amides is 1. The number of rotatable bonds is 5. The molecule has 174 valence electrons. The fraction of sp³-hybridized carbons (Fsp3) is 0.214. The molecule has 1 amide bonds. The van der Waals surface area contributed by atoms with Crippen molar-refractivity contribution >= 4 is 23.1 Å². The maximum atomic E-state index is 13.7. The summed E-state index contributed by atoms with van der Waals surface area (Å²) in [7, 11) is 0. The number of anilines is 1. The van der Waals surface area contributed by atoms with E-state index in [-0.39, 0.29) is 17.4 Å². The highest BCUT2D eigenvalue weighted by atomic mass is 19.1. The Morgan fingerprint density at radius 2 is 1.62 bits per heavy atom. The number of halogens is 1. The van der Waals surface area contributed by atoms with E-state index in [1.165, 1.54) is 29.2 Å². The lowest BCUT2D eigenvalue weighted by atomic mass is 9.94. The summed E-state index contributed by atoms with van der Waals surface area (Å²) >= 11 is 0. The van der Waals surface area contributed by atoms with E-state index in [0.29, 0.717) is 22.6 Å². The number of aryl methyl sites for hydroxylation is 2. The third kappa shape index (κ3) is 4.31. The minimum atomic E-state index is -0.907. The number of aliphatic hydroxyl groups is 1. The quantitative estimate of drug-likeness (QED) is 0.295. The van der Waals surface area contributed by atoms with Gasteiger partial charge in [-0.3, -0.25) is 14.5 Å². The molecule has 1 heterocycles. The Morgan fingerprint density at radius 1 is 0.971 bits per heavy atom. The molecule has 4 rings (SSSR count). The van der Waals surface area contributed by atoms with Crippen LogP contribution in [0.2, 0.25) is 0 Å². The SMILES string of the molecule is Cc1ccc(N2C(=O)C(=O)/C(=C(\O)c3ccc(OC(C)C)c(C)c3)C2c2ccc(F)cc2)cc1. The number of nitrogens with zero attached hydrogens (tertiary/aromatic N) is 1. The number of carbonyl (C=O) groups excluding carboxylic acids is 2. The summed E-state index contributed by atoms with van der Waals surface area (Å²) in [5.41, 5.74) is 3.15. The molecule has 0 aliphatic carbocycles. The van der Waals surface area contributed by atoms with Gasteiger partial charge in [-0.25, -0.2) is 4.39 Å². The van der Waals surface area contributed by atoms with E-state index in [0.717, 1.165) is 11.1 Å². The fourth-order valence-electron chi connectivity index (χ4n) is 4.10. The molecule has 1 fully saturated rings. The van der Waals surface area contributed by atoms with Crippen LogP contribution < -0.4 is 9.64 Å². The number of ether oxygens (including phenoxy) is 1. The summed E-state index contributed by atoms with van der Waals surface area (Å²) < 4.78 is 19.4. The molecule has 0 saturated carbocycles. The van der Waals surface area contributed by atoms with Crippen molar-refractivity contribution in [2.24, 2.45) is 0 Å². The molecule has 34 heavy (non-hydrogen) atoms. The van der Waals surface area contributed by atoms with E-state index in [2.05, 4.69) is 0 Å². The molecular weight excluding hydrogens is 433 g/mol. The lowest BCUT2D eigenvalue weighted by molar-refractivity contribution is -0.132. The zero-order valence-electron chi connectivity index (χ0n) is 19.5. The molecule has 1 N–H and O–H groups in total. The van der Waals surface area contributed by atoms with Gasteiger partial charge < -0.3 is 9.84 Å². The Kier molecular flexibility index (Phi) is 6.24. The van der Waals surface area contributed by atoms with Gasteiger partial charge in [0.05, 0.1) is 17.7 Å². The van der Waals surface area contributed by atoms with Gasteiger partial charge in [0, 0.05) is 11.3 Å². The third-order valence-electron chi connectivity index (χ3n) is 5.75. The Hall–Kier alpha value is -3.93. The van der Waals surface area contributed by atoms with Crippen LogP contribution in [0.5, 0.6) is 5.75 Å². The van der Waals surface area contributed by atoms with Crippen molar-refractivity contribution in [3.05, 3.63) is 100 Å². The summed E-state index contributed by atoms with van der Waals surface area (Å²) in [6.45, 7) is 7.60. The van der Waals surface area contributed by atoms with Gasteiger partial charge in [-0.15, -0.1) is 0 Å². The zero-order chi connectivity index (χ0) is 24.6. The van der Waals surface area contributed by atoms with Crippen molar-refractivity contribution in [3.63, 3.8) is 0 Å². The molecule has 3 aromatic rings. The molecule has 0 aromatic heterocycles. The van der Waals surface area contributed by atoms with Crippen molar-refractivity contribution in [3.8, 4) is 5.75 Å². The highest BCUT2D eigenvalue weighted by Crippen LogP contribution is 2.42. The van der Waals surface area contributed by atoms with Crippen LogP contribution in [0.15, 0.2) is 72.3 Å². The first-order valence-electron chi connectivity index (χ1n) is 11.1. The van der Waals surface area contributed by atoms with Crippen LogP contribution in [0.1, 0.15) is 42.1 Å². The van der Waals surface area contributed by atoms with E-state index in [9.17, 15) is 19.1 Å². The predicted molar refractivity (Wildman–Crippen MR) is 129 cm³/mol. The Labute approximate surface area is 198 Å². The number of carbonyl (C=O) groups is 2. The zero-order valence-corrected chi connectivity index (χ0v) is 19.5. The van der Waals surface area contributed by atoms with E-state index in [1.54, 1.807) is 30.3 Å². The molecule has 0 radical (unpaired) electrons. The lowest BCUT2D eigenvalue weighted by Crippen LogP contribution is -2.29. The molecule has 0 spiro atoms. The van der Waals surface area contributed by atoms with Crippen LogP contribution in [-0.4, -0.2) is 22.9 Å². The summed E-state index contributed by atoms with van der Waals surface area (Å²) in [6, 6.07) is 17.0. The summed E-state index contributed by atoms with van der Waals surface area (Å²) in [4.78, 5) is 27.7. The smallest absolute Gasteiger partial charge is 0.300 e. The Morgan fingerprint density at radius 3 is 2.21 bits per heavy atom. The highest BCUT2D eigenvalue weighted by molar-refractivity contribution is 6.51. The maximum Gasteiger partial charge on any atom is 0.300 e. The van der Waals surface area contributed by atoms with Crippen LogP contribution in [0.25, 0.3) is 5.76 Å². The monoisotopic (exact) mass is 459 g/mol. The molecule has 3 aromatic carbocycles. The van der Waals surface area contributed by atoms with Crippen LogP contribution in [-0.2, 0) is 9.59 Å². The van der Waals surface area contributed by atoms with Crippen molar-refractivity contribution < 1.29 is 23.8 Å². The Bertz CT molecular complexity index is 1280. The first-order valence-corrected chi connectivity index (χ1v) is 11.1. The molecular formula is C28H26FNO4. The van der Waals surface area contributed by atoms with Crippen molar-refractivity contribution in [1.29, 1.82) is 0 Å². The van der Waals surface area contributed by atoms with Gasteiger partial charge in [-0.1, -0.05) is 29.8 Å². The van der Waals surface area contributed by atoms with E-state index < -0.39 is 23.5 Å². The topological polar surface area (TPSA) is 66.8 Å². The second kappa shape index (κ2) is 9.14. The molecule has 0 bridgehead atoms.